The van der Waals surface area contributed by atoms with Gasteiger partial charge in [-0.2, -0.15) is 10.2 Å². The first-order valence-corrected chi connectivity index (χ1v) is 35.3. The number of halogens is 2. The molecule has 2 fully saturated rings. The van der Waals surface area contributed by atoms with Crippen LogP contribution in [0.4, 0.5) is 10.1 Å². The van der Waals surface area contributed by atoms with Crippen LogP contribution in [0.2, 0.25) is 5.15 Å². The molecule has 1 saturated heterocycles. The Balaban J connectivity index is 0.834. The number of hydrogen-bond donors (Lipinski definition) is 0. The van der Waals surface area contributed by atoms with Crippen molar-refractivity contribution >= 4 is 63.9 Å². The molecule has 1 saturated carbocycles. The minimum absolute atomic E-state index is 0.0371. The number of rotatable bonds is 29. The lowest BCUT2D eigenvalue weighted by Crippen LogP contribution is -2.46. The third kappa shape index (κ3) is 13.2. The van der Waals surface area contributed by atoms with E-state index in [9.17, 15) is 15.4 Å². The van der Waals surface area contributed by atoms with Crippen molar-refractivity contribution < 1.29 is 51.3 Å². The summed E-state index contributed by atoms with van der Waals surface area (Å²) in [5.41, 5.74) is 4.62. The van der Waals surface area contributed by atoms with Gasteiger partial charge in [-0.1, -0.05) is 169 Å². The van der Waals surface area contributed by atoms with E-state index < -0.39 is 47.5 Å². The first kappa shape index (κ1) is 67.3. The fraction of sp³-hybridized carbons (Fsp3) is 0.257. The molecule has 0 N–H and O–H groups in total. The van der Waals surface area contributed by atoms with Crippen molar-refractivity contribution in [1.82, 2.24) is 43.4 Å². The molecular formula is C74H66ClFN11O11PS. The number of benzene rings is 7. The maximum atomic E-state index is 19.0. The number of methoxy groups -OCH3 is 2. The Hall–Kier alpha value is -9.90. The summed E-state index contributed by atoms with van der Waals surface area (Å²) in [7, 11) is 3.18. The molecule has 7 aromatic carbocycles. The van der Waals surface area contributed by atoms with Crippen LogP contribution < -0.4 is 14.2 Å². The Morgan fingerprint density at radius 1 is 0.690 bits per heavy atom. The van der Waals surface area contributed by atoms with Crippen LogP contribution in [0.15, 0.2) is 225 Å². The Bertz CT molecular complexity index is 4750. The largest absolute Gasteiger partial charge is 0.497 e. The molecule has 6 heterocycles. The second-order valence-electron chi connectivity index (χ2n) is 24.0. The van der Waals surface area contributed by atoms with Crippen molar-refractivity contribution in [3.63, 3.8) is 0 Å². The first-order valence-electron chi connectivity index (χ1n) is 32.3. The molecular weight excluding hydrogens is 1340 g/mol. The summed E-state index contributed by atoms with van der Waals surface area (Å²) in [5, 5.41) is 21.6. The van der Waals surface area contributed by atoms with Gasteiger partial charge in [-0.05, 0) is 87.4 Å². The molecule has 1 unspecified atom stereocenters. The molecule has 22 nitrogen and oxygen atoms in total. The normalized spacial score (nSPS) is 19.1. The molecule has 1 aliphatic heterocycles. The maximum absolute atomic E-state index is 19.0. The van der Waals surface area contributed by atoms with E-state index in [2.05, 4.69) is 62.4 Å². The average molecular weight is 1400 g/mol. The third-order valence-electron chi connectivity index (χ3n) is 18.5. The summed E-state index contributed by atoms with van der Waals surface area (Å²) in [6.07, 6.45) is 2.09. The van der Waals surface area contributed by atoms with Crippen LogP contribution in [0.5, 0.6) is 17.4 Å². The van der Waals surface area contributed by atoms with Crippen molar-refractivity contribution in [2.75, 3.05) is 47.3 Å². The van der Waals surface area contributed by atoms with Crippen molar-refractivity contribution in [2.24, 2.45) is 11.8 Å². The molecule has 14 rings (SSSR count). The number of nitriles is 1. The highest BCUT2D eigenvalue weighted by molar-refractivity contribution is 8.07. The lowest BCUT2D eigenvalue weighted by molar-refractivity contribution is -0.384. The van der Waals surface area contributed by atoms with E-state index in [-0.39, 0.29) is 85.3 Å². The van der Waals surface area contributed by atoms with Crippen LogP contribution in [0, 0.1) is 33.3 Å². The third-order valence-corrected chi connectivity index (χ3v) is 21.1. The predicted octanol–water partition coefficient (Wildman–Crippen LogP) is 14.1. The molecule has 5 aromatic heterocycles. The zero-order chi connectivity index (χ0) is 68.8. The van der Waals surface area contributed by atoms with Gasteiger partial charge >= 0.3 is 6.72 Å². The van der Waals surface area contributed by atoms with Gasteiger partial charge in [-0.15, -0.1) is 0 Å². The van der Waals surface area contributed by atoms with Gasteiger partial charge < -0.3 is 42.0 Å². The lowest BCUT2D eigenvalue weighted by atomic mass is 9.69. The summed E-state index contributed by atoms with van der Waals surface area (Å²) < 4.78 is 84.3. The summed E-state index contributed by atoms with van der Waals surface area (Å²) in [4.78, 5) is 38.5. The van der Waals surface area contributed by atoms with Crippen molar-refractivity contribution in [3.05, 3.63) is 280 Å². The summed E-state index contributed by atoms with van der Waals surface area (Å²) in [6.45, 7) is -4.51. The highest BCUT2D eigenvalue weighted by Gasteiger charge is 2.53. The molecule has 2 aliphatic rings. The Labute approximate surface area is 584 Å². The highest BCUT2D eigenvalue weighted by Crippen LogP contribution is 2.58. The number of nitro groups is 1. The molecule has 1 aliphatic carbocycles. The van der Waals surface area contributed by atoms with Gasteiger partial charge in [-0.3, -0.25) is 23.6 Å². The fourth-order valence-corrected chi connectivity index (χ4v) is 15.8. The van der Waals surface area contributed by atoms with Crippen LogP contribution in [0.1, 0.15) is 64.1 Å². The van der Waals surface area contributed by atoms with Crippen LogP contribution >= 0.6 is 18.3 Å². The minimum atomic E-state index is -4.17. The smallest absolute Gasteiger partial charge is 0.327 e. The molecule has 0 bridgehead atoms. The van der Waals surface area contributed by atoms with Crippen molar-refractivity contribution in [1.29, 1.82) is 5.26 Å². The van der Waals surface area contributed by atoms with E-state index in [1.165, 1.54) is 29.4 Å². The Kier molecular flexibility index (Phi) is 19.9. The molecule has 100 heavy (non-hydrogen) atoms. The van der Waals surface area contributed by atoms with Gasteiger partial charge in [0.15, 0.2) is 34.4 Å². The summed E-state index contributed by atoms with van der Waals surface area (Å²) in [6, 6.07) is 63.0. The van der Waals surface area contributed by atoms with Gasteiger partial charge in [0.05, 0.1) is 77.3 Å². The topological polar surface area (TPSA) is 242 Å². The van der Waals surface area contributed by atoms with Gasteiger partial charge in [0.2, 0.25) is 11.7 Å². The van der Waals surface area contributed by atoms with Crippen molar-refractivity contribution in [2.45, 2.75) is 61.1 Å². The second-order valence-corrected chi connectivity index (χ2v) is 27.4. The number of hydrogen-bond acceptors (Lipinski definition) is 19. The van der Waals surface area contributed by atoms with Gasteiger partial charge in [0.1, 0.15) is 46.8 Å². The van der Waals surface area contributed by atoms with Crippen LogP contribution in [0.3, 0.4) is 0 Å². The summed E-state index contributed by atoms with van der Waals surface area (Å²) >= 11 is 13.1. The first-order chi connectivity index (χ1) is 48.9. The Morgan fingerprint density at radius 3 is 1.82 bits per heavy atom. The number of nitrogens with zero attached hydrogens (tertiary/aromatic N) is 11. The van der Waals surface area contributed by atoms with Gasteiger partial charge in [0, 0.05) is 42.9 Å². The van der Waals surface area contributed by atoms with E-state index in [1.807, 2.05) is 138 Å². The van der Waals surface area contributed by atoms with E-state index in [0.717, 1.165) is 27.8 Å². The number of ether oxygens (including phenoxy) is 6. The highest BCUT2D eigenvalue weighted by atomic mass is 35.5. The average Bonchev–Trinajstić information content (AvgIpc) is 1.56. The quantitative estimate of drug-likeness (QED) is 0.0106. The zero-order valence-corrected chi connectivity index (χ0v) is 56.5. The van der Waals surface area contributed by atoms with E-state index >= 15 is 4.39 Å². The number of non-ortho nitro benzene ring substituents is 1. The molecule has 0 radical (unpaired) electrons. The van der Waals surface area contributed by atoms with Crippen molar-refractivity contribution in [3.8, 4) is 23.4 Å². The summed E-state index contributed by atoms with van der Waals surface area (Å²) in [5.74, 6) is 0.887. The predicted molar refractivity (Wildman–Crippen MR) is 373 cm³/mol. The molecule has 8 atom stereocenters. The van der Waals surface area contributed by atoms with Crippen LogP contribution in [0.25, 0.3) is 28.1 Å². The number of imidazole rings is 3. The lowest BCUT2D eigenvalue weighted by Gasteiger charge is -2.47. The molecule has 0 amide bonds. The molecule has 12 aromatic rings. The van der Waals surface area contributed by atoms with Gasteiger partial charge in [-0.25, -0.2) is 29.3 Å². The van der Waals surface area contributed by atoms with E-state index in [1.54, 1.807) is 49.5 Å². The molecule has 508 valence electrons. The van der Waals surface area contributed by atoms with E-state index in [4.69, 9.17) is 75.4 Å². The second kappa shape index (κ2) is 29.5. The zero-order valence-electron chi connectivity index (χ0n) is 54.1. The SMILES string of the molecule is COc1ccc(C(OC[C@H]2O[C@@H](n3cnc4c(OCCc5ccc([N+](=O)[O-])cc5)nc5nccn5c43)[C@H](F)[C@@H]2OP(=S)(OCCC#N)OC[C@H]2C[C@@H](n3cnc4c(Cl)ncnc43)[C@@H]2COC(c2ccccc2)(c2ccccc2)c2ccccc2)(c2ccccc2)c2ccc(OC)cc2)cc1. The molecule has 26 heteroatoms. The maximum Gasteiger partial charge on any atom is 0.327 e. The number of nitro benzene ring substituents is 1. The Morgan fingerprint density at radius 2 is 1.25 bits per heavy atom. The van der Waals surface area contributed by atoms with Gasteiger partial charge in [0.25, 0.3) is 5.69 Å². The van der Waals surface area contributed by atoms with Crippen LogP contribution in [-0.2, 0) is 57.2 Å². The van der Waals surface area contributed by atoms with E-state index in [0.29, 0.717) is 52.3 Å². The number of aromatic nitrogens is 9. The standard InChI is InChI=1S/C74H66ClFN11O11PS/c1-90-58-32-26-55(27-33-58)74(54-22-13-6-14-23-54,56-28-34-59(91-2)35-29-56)94-45-62-66(63(76)71(97-62)86-48-82-65-69(83-72-78-38-39-84(72)70(65)86)92-41-36-49-24-30-57(31-25-49)87(88)89)98-99(100,95-40-15-37-77)96-43-50-42-61(85-47-81-64-67(75)79-46-80-68(64)85)60(50)44-93-73(51-16-7-3-8-17-51,52-18-9-4-10-19-52)53-20-11-5-12-21-53/h3-14,16-35,38-39,46-48,50,60-63,66,71H,15,36,40-45H2,1-2H3/t50-,60-,61-,62-,63-,66-,71-,99?/m1/s1. The molecule has 0 spiro atoms. The number of fused-ring (bicyclic) bond motifs is 4. The minimum Gasteiger partial charge on any atom is -0.497 e. The fourth-order valence-electron chi connectivity index (χ4n) is 13.5. The number of alkyl halides is 1. The van der Waals surface area contributed by atoms with Crippen LogP contribution in [-0.4, -0.2) is 114 Å². The monoisotopic (exact) mass is 1400 g/mol.